The molecule has 0 aromatic heterocycles. The summed E-state index contributed by atoms with van der Waals surface area (Å²) in [4.78, 5) is 0. The summed E-state index contributed by atoms with van der Waals surface area (Å²) in [7, 11) is 3.32. The van der Waals surface area contributed by atoms with Crippen LogP contribution < -0.4 is 14.8 Å². The molecule has 0 bridgehead atoms. The van der Waals surface area contributed by atoms with Crippen molar-refractivity contribution in [2.24, 2.45) is 0 Å². The maximum absolute atomic E-state index is 5.45. The quantitative estimate of drug-likeness (QED) is 0.842. The fourth-order valence-electron chi connectivity index (χ4n) is 2.25. The zero-order valence-electron chi connectivity index (χ0n) is 12.5. The van der Waals surface area contributed by atoms with Gasteiger partial charge in [0.25, 0.3) is 0 Å². The van der Waals surface area contributed by atoms with Crippen molar-refractivity contribution in [1.82, 2.24) is 5.32 Å². The molecule has 2 aromatic carbocycles. The van der Waals surface area contributed by atoms with Crippen LogP contribution >= 0.6 is 15.9 Å². The van der Waals surface area contributed by atoms with Crippen LogP contribution in [0.4, 0.5) is 0 Å². The molecule has 0 saturated heterocycles. The highest BCUT2D eigenvalue weighted by Gasteiger charge is 2.11. The lowest BCUT2D eigenvalue weighted by molar-refractivity contribution is 0.350. The van der Waals surface area contributed by atoms with Gasteiger partial charge < -0.3 is 14.8 Å². The molecule has 0 amide bonds. The van der Waals surface area contributed by atoms with Crippen molar-refractivity contribution in [1.29, 1.82) is 0 Å². The Hall–Kier alpha value is -1.52. The van der Waals surface area contributed by atoms with E-state index in [1.54, 1.807) is 14.2 Å². The summed E-state index contributed by atoms with van der Waals surface area (Å²) in [5.74, 6) is 1.54. The normalized spacial score (nSPS) is 12.0. The Labute approximate surface area is 134 Å². The maximum Gasteiger partial charge on any atom is 0.165 e. The fourth-order valence-corrected chi connectivity index (χ4v) is 2.67. The molecule has 1 unspecified atom stereocenters. The molecule has 0 aliphatic rings. The van der Waals surface area contributed by atoms with E-state index >= 15 is 0 Å². The molecule has 0 aliphatic carbocycles. The molecule has 0 heterocycles. The van der Waals surface area contributed by atoms with Gasteiger partial charge in [0.1, 0.15) is 0 Å². The number of nitrogens with one attached hydrogen (secondary N) is 1. The summed E-state index contributed by atoms with van der Waals surface area (Å²) >= 11 is 3.50. The number of methoxy groups -OCH3 is 2. The Kier molecular flexibility index (Phi) is 5.65. The van der Waals surface area contributed by atoms with E-state index in [1.165, 1.54) is 5.56 Å². The molecule has 112 valence electrons. The SMILES string of the molecule is COc1cccc(CNC(C)c2cccc(Br)c2)c1OC. The smallest absolute Gasteiger partial charge is 0.165 e. The lowest BCUT2D eigenvalue weighted by atomic mass is 10.1. The third-order valence-electron chi connectivity index (χ3n) is 3.43. The van der Waals surface area contributed by atoms with Crippen LogP contribution in [0, 0.1) is 0 Å². The number of para-hydroxylation sites is 1. The van der Waals surface area contributed by atoms with Gasteiger partial charge in [-0.1, -0.05) is 40.2 Å². The fraction of sp³-hybridized carbons (Fsp3) is 0.294. The standard InChI is InChI=1S/C17H20BrNO2/c1-12(13-6-4-8-15(18)10-13)19-11-14-7-5-9-16(20-2)17(14)21-3/h4-10,12,19H,11H2,1-3H3. The molecular weight excluding hydrogens is 330 g/mol. The number of ether oxygens (including phenoxy) is 2. The zero-order chi connectivity index (χ0) is 15.2. The number of hydrogen-bond donors (Lipinski definition) is 1. The van der Waals surface area contributed by atoms with Gasteiger partial charge in [-0.25, -0.2) is 0 Å². The van der Waals surface area contributed by atoms with Gasteiger partial charge in [-0.3, -0.25) is 0 Å². The molecule has 0 spiro atoms. The van der Waals surface area contributed by atoms with Crippen LogP contribution in [-0.2, 0) is 6.54 Å². The number of hydrogen-bond acceptors (Lipinski definition) is 3. The van der Waals surface area contributed by atoms with Crippen molar-refractivity contribution in [3.05, 3.63) is 58.1 Å². The van der Waals surface area contributed by atoms with Crippen molar-refractivity contribution < 1.29 is 9.47 Å². The van der Waals surface area contributed by atoms with Crippen molar-refractivity contribution in [3.63, 3.8) is 0 Å². The van der Waals surface area contributed by atoms with Crippen LogP contribution in [0.25, 0.3) is 0 Å². The van der Waals surface area contributed by atoms with E-state index in [2.05, 4.69) is 40.3 Å². The average molecular weight is 350 g/mol. The van der Waals surface area contributed by atoms with Gasteiger partial charge in [0.2, 0.25) is 0 Å². The lowest BCUT2D eigenvalue weighted by Crippen LogP contribution is -2.18. The second-order valence-electron chi connectivity index (χ2n) is 4.81. The van der Waals surface area contributed by atoms with Crippen LogP contribution in [0.3, 0.4) is 0 Å². The summed E-state index contributed by atoms with van der Waals surface area (Å²) in [6.07, 6.45) is 0. The Morgan fingerprint density at radius 1 is 1.10 bits per heavy atom. The van der Waals surface area contributed by atoms with Crippen LogP contribution in [0.5, 0.6) is 11.5 Å². The first kappa shape index (κ1) is 15.9. The van der Waals surface area contributed by atoms with Gasteiger partial charge in [0.15, 0.2) is 11.5 Å². The van der Waals surface area contributed by atoms with E-state index in [1.807, 2.05) is 30.3 Å². The van der Waals surface area contributed by atoms with Gasteiger partial charge >= 0.3 is 0 Å². The summed E-state index contributed by atoms with van der Waals surface area (Å²) in [5.41, 5.74) is 2.32. The molecule has 0 saturated carbocycles. The van der Waals surface area contributed by atoms with Gasteiger partial charge in [0.05, 0.1) is 14.2 Å². The molecule has 0 fully saturated rings. The van der Waals surface area contributed by atoms with Crippen molar-refractivity contribution in [2.45, 2.75) is 19.5 Å². The van der Waals surface area contributed by atoms with Crippen LogP contribution in [-0.4, -0.2) is 14.2 Å². The van der Waals surface area contributed by atoms with Crippen molar-refractivity contribution >= 4 is 15.9 Å². The van der Waals surface area contributed by atoms with Crippen molar-refractivity contribution in [3.8, 4) is 11.5 Å². The van der Waals surface area contributed by atoms with E-state index in [0.717, 1.165) is 21.5 Å². The number of halogens is 1. The molecule has 2 aromatic rings. The Morgan fingerprint density at radius 3 is 2.52 bits per heavy atom. The molecule has 1 atom stereocenters. The first-order valence-corrected chi connectivity index (χ1v) is 7.63. The van der Waals surface area contributed by atoms with Gasteiger partial charge in [-0.05, 0) is 30.7 Å². The van der Waals surface area contributed by atoms with Gasteiger partial charge in [-0.15, -0.1) is 0 Å². The lowest BCUT2D eigenvalue weighted by Gasteiger charge is -2.17. The largest absolute Gasteiger partial charge is 0.493 e. The predicted octanol–water partition coefficient (Wildman–Crippen LogP) is 4.32. The monoisotopic (exact) mass is 349 g/mol. The van der Waals surface area contributed by atoms with E-state index in [0.29, 0.717) is 6.54 Å². The van der Waals surface area contributed by atoms with Gasteiger partial charge in [0, 0.05) is 22.6 Å². The topological polar surface area (TPSA) is 30.5 Å². The van der Waals surface area contributed by atoms with E-state index < -0.39 is 0 Å². The minimum atomic E-state index is 0.249. The molecule has 1 N–H and O–H groups in total. The highest BCUT2D eigenvalue weighted by Crippen LogP contribution is 2.31. The first-order chi connectivity index (χ1) is 10.2. The highest BCUT2D eigenvalue weighted by molar-refractivity contribution is 9.10. The zero-order valence-corrected chi connectivity index (χ0v) is 14.1. The number of benzene rings is 2. The van der Waals surface area contributed by atoms with E-state index in [9.17, 15) is 0 Å². The maximum atomic E-state index is 5.45. The van der Waals surface area contributed by atoms with Gasteiger partial charge in [-0.2, -0.15) is 0 Å². The molecule has 2 rings (SSSR count). The predicted molar refractivity (Wildman–Crippen MR) is 88.9 cm³/mol. The second kappa shape index (κ2) is 7.48. The third kappa shape index (κ3) is 3.99. The molecule has 0 radical (unpaired) electrons. The Balaban J connectivity index is 2.09. The number of rotatable bonds is 6. The average Bonchev–Trinajstić information content (AvgIpc) is 2.51. The van der Waals surface area contributed by atoms with Crippen LogP contribution in [0.1, 0.15) is 24.1 Å². The highest BCUT2D eigenvalue weighted by atomic mass is 79.9. The molecule has 3 nitrogen and oxygen atoms in total. The van der Waals surface area contributed by atoms with Crippen LogP contribution in [0.15, 0.2) is 46.9 Å². The van der Waals surface area contributed by atoms with Crippen molar-refractivity contribution in [2.75, 3.05) is 14.2 Å². The third-order valence-corrected chi connectivity index (χ3v) is 3.93. The van der Waals surface area contributed by atoms with E-state index in [-0.39, 0.29) is 6.04 Å². The van der Waals surface area contributed by atoms with E-state index in [4.69, 9.17) is 9.47 Å². The minimum Gasteiger partial charge on any atom is -0.493 e. The Morgan fingerprint density at radius 2 is 1.86 bits per heavy atom. The summed E-state index contributed by atoms with van der Waals surface area (Å²) in [6.45, 7) is 2.86. The minimum absolute atomic E-state index is 0.249. The molecule has 4 heteroatoms. The summed E-state index contributed by atoms with van der Waals surface area (Å²) in [6, 6.07) is 14.5. The molecular formula is C17H20BrNO2. The second-order valence-corrected chi connectivity index (χ2v) is 5.73. The first-order valence-electron chi connectivity index (χ1n) is 6.84. The summed E-state index contributed by atoms with van der Waals surface area (Å²) < 4.78 is 11.9. The Bertz CT molecular complexity index is 601. The van der Waals surface area contributed by atoms with Crippen LogP contribution in [0.2, 0.25) is 0 Å². The molecule has 21 heavy (non-hydrogen) atoms. The molecule has 0 aliphatic heterocycles. The summed E-state index contributed by atoms with van der Waals surface area (Å²) in [5, 5.41) is 3.51.